The number of hydrogen-bond acceptors (Lipinski definition) is 4. The molecule has 1 atom stereocenters. The van der Waals surface area contributed by atoms with Gasteiger partial charge in [-0.25, -0.2) is 4.98 Å². The lowest BCUT2D eigenvalue weighted by Gasteiger charge is -2.36. The lowest BCUT2D eigenvalue weighted by Crippen LogP contribution is -2.39. The van der Waals surface area contributed by atoms with E-state index in [1.54, 1.807) is 0 Å². The number of aryl methyl sites for hydroxylation is 1. The minimum Gasteiger partial charge on any atom is -0.353 e. The first-order valence-electron chi connectivity index (χ1n) is 8.66. The first-order chi connectivity index (χ1) is 11.3. The minimum atomic E-state index is 0.614. The second-order valence-corrected chi connectivity index (χ2v) is 6.27. The van der Waals surface area contributed by atoms with Gasteiger partial charge in [-0.3, -0.25) is 0 Å². The molecule has 0 aliphatic carbocycles. The average Bonchev–Trinajstić information content (AvgIpc) is 2.61. The summed E-state index contributed by atoms with van der Waals surface area (Å²) in [6.07, 6.45) is 6.90. The van der Waals surface area contributed by atoms with Crippen LogP contribution in [0, 0.1) is 6.92 Å². The summed E-state index contributed by atoms with van der Waals surface area (Å²) in [5, 5.41) is 3.37. The minimum absolute atomic E-state index is 0.614. The zero-order valence-corrected chi connectivity index (χ0v) is 14.1. The second kappa shape index (κ2) is 7.44. The molecule has 1 aliphatic heterocycles. The number of nitrogens with zero attached hydrogens (tertiary/aromatic N) is 3. The summed E-state index contributed by atoms with van der Waals surface area (Å²) in [5.41, 5.74) is 2.57. The first-order valence-corrected chi connectivity index (χ1v) is 8.66. The van der Waals surface area contributed by atoms with Crippen LogP contribution in [0.15, 0.2) is 36.5 Å². The Balaban J connectivity index is 1.71. The third-order valence-electron chi connectivity index (χ3n) is 4.73. The summed E-state index contributed by atoms with van der Waals surface area (Å²) >= 11 is 0. The summed E-state index contributed by atoms with van der Waals surface area (Å²) < 4.78 is 0. The number of rotatable bonds is 5. The van der Waals surface area contributed by atoms with Gasteiger partial charge in [-0.15, -0.1) is 0 Å². The Morgan fingerprint density at radius 3 is 2.91 bits per heavy atom. The van der Waals surface area contributed by atoms with E-state index in [1.165, 1.54) is 36.8 Å². The van der Waals surface area contributed by atoms with Gasteiger partial charge in [0, 0.05) is 25.3 Å². The van der Waals surface area contributed by atoms with E-state index < -0.39 is 0 Å². The molecule has 1 aliphatic rings. The number of hydrogen-bond donors (Lipinski definition) is 1. The third-order valence-corrected chi connectivity index (χ3v) is 4.73. The highest BCUT2D eigenvalue weighted by atomic mass is 15.2. The molecule has 4 heteroatoms. The largest absolute Gasteiger partial charge is 0.353 e. The quantitative estimate of drug-likeness (QED) is 0.900. The Hall–Kier alpha value is -2.10. The Morgan fingerprint density at radius 1 is 1.22 bits per heavy atom. The third kappa shape index (κ3) is 3.81. The van der Waals surface area contributed by atoms with E-state index in [0.717, 1.165) is 18.9 Å². The molecule has 0 amide bonds. The highest BCUT2D eigenvalue weighted by molar-refractivity contribution is 5.44. The lowest BCUT2D eigenvalue weighted by atomic mass is 10.0. The van der Waals surface area contributed by atoms with Crippen LogP contribution in [0.3, 0.4) is 0 Å². The van der Waals surface area contributed by atoms with Crippen LogP contribution in [0.1, 0.15) is 43.7 Å². The van der Waals surface area contributed by atoms with Crippen molar-refractivity contribution in [3.8, 4) is 0 Å². The van der Waals surface area contributed by atoms with Crippen LogP contribution < -0.4 is 10.2 Å². The Bertz CT molecular complexity index is 641. The molecule has 23 heavy (non-hydrogen) atoms. The summed E-state index contributed by atoms with van der Waals surface area (Å²) in [6, 6.07) is 11.1. The zero-order chi connectivity index (χ0) is 16.1. The molecule has 1 saturated heterocycles. The average molecular weight is 310 g/mol. The monoisotopic (exact) mass is 310 g/mol. The standard InChI is InChI=1S/C19H26N4/c1-3-17-10-6-7-13-23(17)18-11-12-20-19(22-18)21-14-16-9-5-4-8-15(16)2/h4-5,8-9,11-12,17H,3,6-7,10,13-14H2,1-2H3,(H,20,21,22). The predicted octanol–water partition coefficient (Wildman–Crippen LogP) is 4.17. The number of piperidine rings is 1. The SMILES string of the molecule is CCC1CCCCN1c1ccnc(NCc2ccccc2C)n1. The van der Waals surface area contributed by atoms with Gasteiger partial charge in [0.2, 0.25) is 5.95 Å². The van der Waals surface area contributed by atoms with Crippen molar-refractivity contribution in [2.45, 2.75) is 52.1 Å². The van der Waals surface area contributed by atoms with Gasteiger partial charge in [0.15, 0.2) is 0 Å². The van der Waals surface area contributed by atoms with Crippen LogP contribution in [0.5, 0.6) is 0 Å². The van der Waals surface area contributed by atoms with Gasteiger partial charge >= 0.3 is 0 Å². The van der Waals surface area contributed by atoms with Gasteiger partial charge in [0.1, 0.15) is 5.82 Å². The fourth-order valence-corrected chi connectivity index (χ4v) is 3.30. The number of benzene rings is 1. The maximum Gasteiger partial charge on any atom is 0.224 e. The molecule has 3 rings (SSSR count). The summed E-state index contributed by atoms with van der Waals surface area (Å²) in [7, 11) is 0. The summed E-state index contributed by atoms with van der Waals surface area (Å²) in [5.74, 6) is 1.77. The summed E-state index contributed by atoms with van der Waals surface area (Å²) in [4.78, 5) is 11.6. The Morgan fingerprint density at radius 2 is 2.09 bits per heavy atom. The van der Waals surface area contributed by atoms with Crippen LogP contribution in [-0.2, 0) is 6.54 Å². The molecular formula is C19H26N4. The number of aromatic nitrogens is 2. The van der Waals surface area contributed by atoms with Crippen LogP contribution in [0.4, 0.5) is 11.8 Å². The predicted molar refractivity (Wildman–Crippen MR) is 95.8 cm³/mol. The molecular weight excluding hydrogens is 284 g/mol. The van der Waals surface area contributed by atoms with Crippen molar-refractivity contribution in [1.29, 1.82) is 0 Å². The maximum atomic E-state index is 4.74. The fourth-order valence-electron chi connectivity index (χ4n) is 3.30. The highest BCUT2D eigenvalue weighted by Crippen LogP contribution is 2.25. The van der Waals surface area contributed by atoms with E-state index >= 15 is 0 Å². The molecule has 122 valence electrons. The van der Waals surface area contributed by atoms with Crippen molar-refractivity contribution in [3.63, 3.8) is 0 Å². The van der Waals surface area contributed by atoms with Crippen molar-refractivity contribution in [1.82, 2.24) is 9.97 Å². The molecule has 0 radical (unpaired) electrons. The molecule has 0 saturated carbocycles. The maximum absolute atomic E-state index is 4.74. The van der Waals surface area contributed by atoms with E-state index in [-0.39, 0.29) is 0 Å². The zero-order valence-electron chi connectivity index (χ0n) is 14.1. The first kappa shape index (κ1) is 15.8. The van der Waals surface area contributed by atoms with Crippen LogP contribution in [-0.4, -0.2) is 22.6 Å². The molecule has 1 aromatic heterocycles. The number of nitrogens with one attached hydrogen (secondary N) is 1. The Labute approximate surface area is 139 Å². The smallest absolute Gasteiger partial charge is 0.224 e. The molecule has 2 heterocycles. The summed E-state index contributed by atoms with van der Waals surface area (Å²) in [6.45, 7) is 6.26. The van der Waals surface area contributed by atoms with E-state index in [9.17, 15) is 0 Å². The molecule has 1 aromatic carbocycles. The van der Waals surface area contributed by atoms with Crippen molar-refractivity contribution in [2.75, 3.05) is 16.8 Å². The van der Waals surface area contributed by atoms with Crippen molar-refractivity contribution < 1.29 is 0 Å². The van der Waals surface area contributed by atoms with Crippen LogP contribution >= 0.6 is 0 Å². The normalized spacial score (nSPS) is 18.0. The molecule has 2 aromatic rings. The van der Waals surface area contributed by atoms with Gasteiger partial charge in [0.05, 0.1) is 0 Å². The molecule has 1 fully saturated rings. The molecule has 0 spiro atoms. The van der Waals surface area contributed by atoms with Gasteiger partial charge in [0.25, 0.3) is 0 Å². The molecule has 1 N–H and O–H groups in total. The van der Waals surface area contributed by atoms with Crippen molar-refractivity contribution in [2.24, 2.45) is 0 Å². The molecule has 0 bridgehead atoms. The van der Waals surface area contributed by atoms with Crippen LogP contribution in [0.2, 0.25) is 0 Å². The fraction of sp³-hybridized carbons (Fsp3) is 0.474. The van der Waals surface area contributed by atoms with Gasteiger partial charge in [-0.1, -0.05) is 31.2 Å². The number of anilines is 2. The van der Waals surface area contributed by atoms with E-state index in [1.807, 2.05) is 12.3 Å². The topological polar surface area (TPSA) is 41.1 Å². The van der Waals surface area contributed by atoms with Crippen LogP contribution in [0.25, 0.3) is 0 Å². The second-order valence-electron chi connectivity index (χ2n) is 6.27. The van der Waals surface area contributed by atoms with Gasteiger partial charge < -0.3 is 10.2 Å². The van der Waals surface area contributed by atoms with Gasteiger partial charge in [-0.2, -0.15) is 4.98 Å². The van der Waals surface area contributed by atoms with Gasteiger partial charge in [-0.05, 0) is 49.8 Å². The van der Waals surface area contributed by atoms with E-state index in [0.29, 0.717) is 12.0 Å². The molecule has 4 nitrogen and oxygen atoms in total. The van der Waals surface area contributed by atoms with Crippen molar-refractivity contribution in [3.05, 3.63) is 47.7 Å². The molecule has 1 unspecified atom stereocenters. The lowest BCUT2D eigenvalue weighted by molar-refractivity contribution is 0.447. The van der Waals surface area contributed by atoms with Crippen molar-refractivity contribution >= 4 is 11.8 Å². The van der Waals surface area contributed by atoms with E-state index in [4.69, 9.17) is 4.98 Å². The highest BCUT2D eigenvalue weighted by Gasteiger charge is 2.22. The Kier molecular flexibility index (Phi) is 5.11. The van der Waals surface area contributed by atoms with E-state index in [2.05, 4.69) is 53.3 Å².